The van der Waals surface area contributed by atoms with Gasteiger partial charge in [0.05, 0.1) is 12.0 Å². The fourth-order valence-corrected chi connectivity index (χ4v) is 4.57. The highest BCUT2D eigenvalue weighted by atomic mass is 32.2. The van der Waals surface area contributed by atoms with Crippen LogP contribution in [-0.2, 0) is 15.4 Å². The van der Waals surface area contributed by atoms with Gasteiger partial charge in [-0.05, 0) is 47.4 Å². The zero-order valence-electron chi connectivity index (χ0n) is 22.0. The number of anilines is 1. The molecule has 1 N–H and O–H groups in total. The molecule has 39 heavy (non-hydrogen) atoms. The topological polar surface area (TPSA) is 113 Å². The number of benzene rings is 2. The Morgan fingerprint density at radius 1 is 0.949 bits per heavy atom. The van der Waals surface area contributed by atoms with Crippen LogP contribution >= 0.6 is 0 Å². The highest BCUT2D eigenvalue weighted by Gasteiger charge is 2.26. The second-order valence-corrected chi connectivity index (χ2v) is 11.1. The standard InChI is InChI=1S/C29H28N4O5S/c1-6-19-37-28-25(38-24-10-8-7-9-23(24)36-5)27(31-26(32-28)20-15-17-30-18-16-20)33-39(34,35)22-13-11-21(12-14-22)29(2,3)4/h1,7-18H,19H2,2-5H3,(H,31,32,33). The summed E-state index contributed by atoms with van der Waals surface area (Å²) in [5.41, 5.74) is 1.43. The molecule has 0 spiro atoms. The lowest BCUT2D eigenvalue weighted by Crippen LogP contribution is -2.17. The van der Waals surface area contributed by atoms with Crippen LogP contribution in [0.25, 0.3) is 11.4 Å². The maximum Gasteiger partial charge on any atom is 0.264 e. The van der Waals surface area contributed by atoms with Gasteiger partial charge < -0.3 is 14.2 Å². The number of rotatable bonds is 9. The monoisotopic (exact) mass is 544 g/mol. The molecule has 4 aromatic rings. The predicted octanol–water partition coefficient (Wildman–Crippen LogP) is 5.45. The van der Waals surface area contributed by atoms with Crippen molar-refractivity contribution in [1.82, 2.24) is 15.0 Å². The Hall–Kier alpha value is -4.62. The molecule has 200 valence electrons. The number of methoxy groups -OCH3 is 1. The number of hydrogen-bond donors (Lipinski definition) is 1. The van der Waals surface area contributed by atoms with Gasteiger partial charge >= 0.3 is 0 Å². The van der Waals surface area contributed by atoms with Gasteiger partial charge in [-0.2, -0.15) is 4.98 Å². The first-order valence-corrected chi connectivity index (χ1v) is 13.4. The molecule has 10 heteroatoms. The van der Waals surface area contributed by atoms with E-state index >= 15 is 0 Å². The molecule has 2 heterocycles. The molecule has 0 saturated carbocycles. The van der Waals surface area contributed by atoms with E-state index < -0.39 is 10.0 Å². The molecule has 4 rings (SSSR count). The molecule has 0 saturated heterocycles. The zero-order chi connectivity index (χ0) is 28.0. The number of aromatic nitrogens is 3. The van der Waals surface area contributed by atoms with Gasteiger partial charge in [-0.15, -0.1) is 6.42 Å². The SMILES string of the molecule is C#CCOc1nc(-c2ccncc2)nc(NS(=O)(=O)c2ccc(C(C)(C)C)cc2)c1Oc1ccccc1OC. The molecule has 0 atom stereocenters. The fourth-order valence-electron chi connectivity index (χ4n) is 3.56. The Kier molecular flexibility index (Phi) is 8.02. The summed E-state index contributed by atoms with van der Waals surface area (Å²) in [4.78, 5) is 13.0. The van der Waals surface area contributed by atoms with E-state index in [-0.39, 0.29) is 40.2 Å². The van der Waals surface area contributed by atoms with Crippen molar-refractivity contribution in [3.8, 4) is 46.9 Å². The normalized spacial score (nSPS) is 11.4. The van der Waals surface area contributed by atoms with E-state index in [1.165, 1.54) is 7.11 Å². The number of terminal acetylenes is 1. The maximum atomic E-state index is 13.5. The molecular weight excluding hydrogens is 516 g/mol. The van der Waals surface area contributed by atoms with Gasteiger partial charge in [0.2, 0.25) is 5.75 Å². The third kappa shape index (κ3) is 6.45. The molecule has 0 fully saturated rings. The van der Waals surface area contributed by atoms with E-state index in [0.717, 1.165) is 5.56 Å². The van der Waals surface area contributed by atoms with Crippen LogP contribution in [0.4, 0.5) is 5.82 Å². The smallest absolute Gasteiger partial charge is 0.264 e. The Morgan fingerprint density at radius 3 is 2.23 bits per heavy atom. The number of hydrogen-bond acceptors (Lipinski definition) is 8. The number of sulfonamides is 1. The summed E-state index contributed by atoms with van der Waals surface area (Å²) in [6.45, 7) is 6.01. The largest absolute Gasteiger partial charge is 0.493 e. The minimum atomic E-state index is -4.10. The van der Waals surface area contributed by atoms with Crippen molar-refractivity contribution in [3.63, 3.8) is 0 Å². The van der Waals surface area contributed by atoms with E-state index in [1.807, 2.05) is 0 Å². The van der Waals surface area contributed by atoms with E-state index in [9.17, 15) is 8.42 Å². The summed E-state index contributed by atoms with van der Waals surface area (Å²) < 4.78 is 46.8. The summed E-state index contributed by atoms with van der Waals surface area (Å²) in [6.07, 6.45) is 8.57. The van der Waals surface area contributed by atoms with Gasteiger partial charge in [-0.3, -0.25) is 9.71 Å². The van der Waals surface area contributed by atoms with E-state index in [4.69, 9.17) is 20.6 Å². The molecule has 2 aromatic carbocycles. The van der Waals surface area contributed by atoms with Crippen molar-refractivity contribution in [1.29, 1.82) is 0 Å². The van der Waals surface area contributed by atoms with Crippen molar-refractivity contribution in [2.75, 3.05) is 18.4 Å². The van der Waals surface area contributed by atoms with Crippen molar-refractivity contribution >= 4 is 15.8 Å². The predicted molar refractivity (Wildman–Crippen MR) is 149 cm³/mol. The molecule has 2 aromatic heterocycles. The molecule has 0 unspecified atom stereocenters. The third-order valence-corrected chi connectivity index (χ3v) is 6.96. The minimum absolute atomic E-state index is 0.0499. The molecular formula is C29H28N4O5S. The highest BCUT2D eigenvalue weighted by molar-refractivity contribution is 7.92. The highest BCUT2D eigenvalue weighted by Crippen LogP contribution is 2.41. The van der Waals surface area contributed by atoms with Crippen LogP contribution in [-0.4, -0.2) is 37.1 Å². The van der Waals surface area contributed by atoms with Crippen molar-refractivity contribution in [2.24, 2.45) is 0 Å². The van der Waals surface area contributed by atoms with Crippen molar-refractivity contribution < 1.29 is 22.6 Å². The Labute approximate surface area is 228 Å². The number of para-hydroxylation sites is 2. The molecule has 0 aliphatic heterocycles. The quantitative estimate of drug-likeness (QED) is 0.277. The van der Waals surface area contributed by atoms with E-state index in [2.05, 4.69) is 46.4 Å². The lowest BCUT2D eigenvalue weighted by molar-refractivity contribution is 0.325. The second-order valence-electron chi connectivity index (χ2n) is 9.39. The van der Waals surface area contributed by atoms with Crippen LogP contribution in [0.5, 0.6) is 23.1 Å². The molecule has 0 aliphatic carbocycles. The summed E-state index contributed by atoms with van der Waals surface area (Å²) in [5, 5.41) is 0. The first-order valence-electron chi connectivity index (χ1n) is 12.0. The van der Waals surface area contributed by atoms with Crippen LogP contribution in [0, 0.1) is 12.3 Å². The van der Waals surface area contributed by atoms with Gasteiger partial charge in [0.25, 0.3) is 15.9 Å². The van der Waals surface area contributed by atoms with Crippen LogP contribution in [0.1, 0.15) is 26.3 Å². The zero-order valence-corrected chi connectivity index (χ0v) is 22.8. The Morgan fingerprint density at radius 2 is 1.62 bits per heavy atom. The summed E-state index contributed by atoms with van der Waals surface area (Å²) in [6, 6.07) is 16.9. The van der Waals surface area contributed by atoms with Crippen LogP contribution < -0.4 is 18.9 Å². The second kappa shape index (κ2) is 11.4. The number of ether oxygens (including phenoxy) is 3. The molecule has 0 radical (unpaired) electrons. The number of pyridine rings is 1. The average molecular weight is 545 g/mol. The van der Waals surface area contributed by atoms with Crippen LogP contribution in [0.3, 0.4) is 0 Å². The van der Waals surface area contributed by atoms with Crippen LogP contribution in [0.15, 0.2) is 78.0 Å². The molecule has 0 aliphatic rings. The van der Waals surface area contributed by atoms with E-state index in [1.54, 1.807) is 73.1 Å². The fraction of sp³-hybridized carbons (Fsp3) is 0.207. The van der Waals surface area contributed by atoms with Gasteiger partial charge in [0.15, 0.2) is 29.7 Å². The minimum Gasteiger partial charge on any atom is -0.493 e. The van der Waals surface area contributed by atoms with Crippen molar-refractivity contribution in [2.45, 2.75) is 31.1 Å². The Balaban J connectivity index is 1.86. The van der Waals surface area contributed by atoms with E-state index in [0.29, 0.717) is 17.1 Å². The third-order valence-electron chi connectivity index (χ3n) is 5.61. The molecule has 0 amide bonds. The first-order chi connectivity index (χ1) is 18.6. The van der Waals surface area contributed by atoms with Gasteiger partial charge in [0.1, 0.15) is 0 Å². The van der Waals surface area contributed by atoms with Crippen LogP contribution in [0.2, 0.25) is 0 Å². The summed E-state index contributed by atoms with van der Waals surface area (Å²) >= 11 is 0. The Bertz CT molecular complexity index is 1590. The van der Waals surface area contributed by atoms with Gasteiger partial charge in [0, 0.05) is 18.0 Å². The van der Waals surface area contributed by atoms with Crippen molar-refractivity contribution in [3.05, 3.63) is 78.6 Å². The maximum absolute atomic E-state index is 13.5. The molecule has 0 bridgehead atoms. The lowest BCUT2D eigenvalue weighted by Gasteiger charge is -2.20. The van der Waals surface area contributed by atoms with Gasteiger partial charge in [-0.25, -0.2) is 13.4 Å². The summed E-state index contributed by atoms with van der Waals surface area (Å²) in [7, 11) is -2.61. The number of nitrogens with zero attached hydrogens (tertiary/aromatic N) is 3. The summed E-state index contributed by atoms with van der Waals surface area (Å²) in [5.74, 6) is 2.99. The molecule has 9 nitrogen and oxygen atoms in total. The number of nitrogens with one attached hydrogen (secondary N) is 1. The first kappa shape index (κ1) is 27.4. The lowest BCUT2D eigenvalue weighted by atomic mass is 9.87. The van der Waals surface area contributed by atoms with Gasteiger partial charge in [-0.1, -0.05) is 51.0 Å². The average Bonchev–Trinajstić information content (AvgIpc) is 2.93.